The minimum absolute atomic E-state index is 0.0669. The number of hydroxylamine groups is 1. The topological polar surface area (TPSA) is 109 Å². The molecule has 39 heavy (non-hydrogen) atoms. The number of nitrogens with one attached hydrogen (secondary N) is 1. The molecule has 4 aromatic rings. The largest absolute Gasteiger partial charge is 0.434 e. The van der Waals surface area contributed by atoms with Gasteiger partial charge in [-0.3, -0.25) is 4.84 Å². The number of aromatic nitrogens is 2. The highest BCUT2D eigenvalue weighted by Crippen LogP contribution is 2.45. The van der Waals surface area contributed by atoms with E-state index in [0.717, 1.165) is 15.4 Å². The first-order valence-corrected chi connectivity index (χ1v) is 14.0. The van der Waals surface area contributed by atoms with Gasteiger partial charge in [0.15, 0.2) is 0 Å². The monoisotopic (exact) mass is 572 g/mol. The van der Waals surface area contributed by atoms with Crippen molar-refractivity contribution in [1.82, 2.24) is 14.5 Å². The van der Waals surface area contributed by atoms with E-state index in [-0.39, 0.29) is 29.7 Å². The summed E-state index contributed by atoms with van der Waals surface area (Å²) in [5.74, 6) is -2.37. The zero-order valence-electron chi connectivity index (χ0n) is 21.4. The van der Waals surface area contributed by atoms with Crippen molar-refractivity contribution in [3.8, 4) is 0 Å². The predicted molar refractivity (Wildman–Crippen MR) is 143 cm³/mol. The molecule has 12 heteroatoms. The van der Waals surface area contributed by atoms with E-state index in [1.165, 1.54) is 29.3 Å². The summed E-state index contributed by atoms with van der Waals surface area (Å²) in [7, 11) is -4.23. The molecule has 2 atom stereocenters. The Morgan fingerprint density at radius 1 is 1.15 bits per heavy atom. The molecular formula is C27H26ClFN4O5S. The zero-order valence-corrected chi connectivity index (χ0v) is 23.0. The first-order valence-electron chi connectivity index (χ1n) is 12.1. The third-order valence-electron chi connectivity index (χ3n) is 6.95. The summed E-state index contributed by atoms with van der Waals surface area (Å²) in [4.78, 5) is 18.0. The Morgan fingerprint density at radius 3 is 2.59 bits per heavy atom. The molecular weight excluding hydrogens is 547 g/mol. The maximum Gasteiger partial charge on any atom is 0.434 e. The first-order chi connectivity index (χ1) is 18.6. The van der Waals surface area contributed by atoms with Gasteiger partial charge in [-0.1, -0.05) is 54.9 Å². The average molecular weight is 573 g/mol. The van der Waals surface area contributed by atoms with Crippen LogP contribution in [0.2, 0.25) is 5.02 Å². The molecule has 9 nitrogen and oxygen atoms in total. The lowest BCUT2D eigenvalue weighted by Crippen LogP contribution is -2.49. The fraction of sp³-hybridized carbons (Fsp3) is 0.259. The molecule has 0 spiro atoms. The summed E-state index contributed by atoms with van der Waals surface area (Å²) in [5, 5.41) is 7.90. The minimum atomic E-state index is -4.23. The van der Waals surface area contributed by atoms with Gasteiger partial charge in [0, 0.05) is 10.9 Å². The zero-order chi connectivity index (χ0) is 27.9. The van der Waals surface area contributed by atoms with Gasteiger partial charge in [0.2, 0.25) is 15.9 Å². The number of fused-ring (bicyclic) bond motifs is 1. The van der Waals surface area contributed by atoms with Gasteiger partial charge in [0.05, 0.1) is 12.3 Å². The third kappa shape index (κ3) is 5.10. The number of benzene rings is 3. The molecule has 0 amide bonds. The maximum atomic E-state index is 15.3. The number of halogens is 2. The van der Waals surface area contributed by atoms with Crippen LogP contribution in [0.25, 0.3) is 0 Å². The van der Waals surface area contributed by atoms with Crippen molar-refractivity contribution in [3.63, 3.8) is 0 Å². The van der Waals surface area contributed by atoms with E-state index in [9.17, 15) is 13.2 Å². The van der Waals surface area contributed by atoms with E-state index in [1.807, 2.05) is 37.3 Å². The molecule has 0 radical (unpaired) electrons. The van der Waals surface area contributed by atoms with Crippen LogP contribution in [0.3, 0.4) is 0 Å². The lowest BCUT2D eigenvalue weighted by atomic mass is 9.87. The number of H-pyrrole nitrogens is 1. The van der Waals surface area contributed by atoms with Gasteiger partial charge in [-0.15, -0.1) is 5.10 Å². The predicted octanol–water partition coefficient (Wildman–Crippen LogP) is 5.22. The quantitative estimate of drug-likeness (QED) is 0.323. The summed E-state index contributed by atoms with van der Waals surface area (Å²) >= 11 is 6.23. The van der Waals surface area contributed by atoms with Crippen molar-refractivity contribution in [3.05, 3.63) is 110 Å². The van der Waals surface area contributed by atoms with Crippen molar-refractivity contribution in [2.45, 2.75) is 44.2 Å². The molecule has 1 aliphatic heterocycles. The molecule has 0 saturated carbocycles. The number of hydrogen-bond donors (Lipinski definition) is 1. The highest BCUT2D eigenvalue weighted by Gasteiger charge is 2.46. The van der Waals surface area contributed by atoms with Crippen LogP contribution in [0.1, 0.15) is 47.0 Å². The SMILES string of the molecule is Cc1ccc(F)c([C@@H](C)[C@@H](c2n[nH]c(=O)o2)N2CN(OCc3ccccc3)c3cc(Cl)ccc3S2(=O)=O)c1C. The van der Waals surface area contributed by atoms with Gasteiger partial charge in [-0.05, 0) is 60.4 Å². The second-order valence-corrected chi connectivity index (χ2v) is 11.7. The number of sulfonamides is 1. The Labute approximate surface area is 229 Å². The fourth-order valence-electron chi connectivity index (χ4n) is 4.86. The highest BCUT2D eigenvalue weighted by molar-refractivity contribution is 7.89. The fourth-order valence-corrected chi connectivity index (χ4v) is 6.77. The number of aromatic amines is 1. The third-order valence-corrected chi connectivity index (χ3v) is 9.05. The Balaban J connectivity index is 1.64. The first kappa shape index (κ1) is 27.1. The molecule has 5 rings (SSSR count). The van der Waals surface area contributed by atoms with E-state index in [1.54, 1.807) is 19.9 Å². The van der Waals surface area contributed by atoms with Gasteiger partial charge in [0.25, 0.3) is 0 Å². The summed E-state index contributed by atoms with van der Waals surface area (Å²) in [6.07, 6.45) is 0. The molecule has 0 bridgehead atoms. The molecule has 1 N–H and O–H groups in total. The van der Waals surface area contributed by atoms with E-state index in [4.69, 9.17) is 20.9 Å². The van der Waals surface area contributed by atoms with Gasteiger partial charge in [0.1, 0.15) is 23.4 Å². The highest BCUT2D eigenvalue weighted by atomic mass is 35.5. The molecule has 0 fully saturated rings. The molecule has 0 aliphatic carbocycles. The smallest absolute Gasteiger partial charge is 0.391 e. The van der Waals surface area contributed by atoms with Crippen LogP contribution >= 0.6 is 11.6 Å². The van der Waals surface area contributed by atoms with Crippen molar-refractivity contribution in [2.24, 2.45) is 0 Å². The van der Waals surface area contributed by atoms with Crippen LogP contribution < -0.4 is 10.8 Å². The lowest BCUT2D eigenvalue weighted by Gasteiger charge is -2.41. The number of rotatable bonds is 7. The van der Waals surface area contributed by atoms with Crippen LogP contribution in [0.4, 0.5) is 10.1 Å². The normalized spacial score (nSPS) is 16.6. The molecule has 0 unspecified atom stereocenters. The Kier molecular flexibility index (Phi) is 7.34. The average Bonchev–Trinajstić information content (AvgIpc) is 3.33. The van der Waals surface area contributed by atoms with Crippen molar-refractivity contribution >= 4 is 27.3 Å². The number of aryl methyl sites for hydroxylation is 1. The van der Waals surface area contributed by atoms with Crippen molar-refractivity contribution < 1.29 is 22.1 Å². The van der Waals surface area contributed by atoms with Crippen LogP contribution in [0.5, 0.6) is 0 Å². The van der Waals surface area contributed by atoms with Crippen LogP contribution in [-0.2, 0) is 21.5 Å². The molecule has 1 aromatic heterocycles. The van der Waals surface area contributed by atoms with Crippen molar-refractivity contribution in [1.29, 1.82) is 0 Å². The van der Waals surface area contributed by atoms with Crippen molar-refractivity contribution in [2.75, 3.05) is 11.7 Å². The second-order valence-electron chi connectivity index (χ2n) is 9.37. The number of hydrogen-bond acceptors (Lipinski definition) is 7. The van der Waals surface area contributed by atoms with Gasteiger partial charge in [-0.2, -0.15) is 4.31 Å². The summed E-state index contributed by atoms with van der Waals surface area (Å²) in [6, 6.07) is 15.5. The summed E-state index contributed by atoms with van der Waals surface area (Å²) in [5.41, 5.74) is 2.89. The van der Waals surface area contributed by atoms with Gasteiger partial charge >= 0.3 is 5.76 Å². The van der Waals surface area contributed by atoms with Gasteiger partial charge < -0.3 is 4.42 Å². The molecule has 1 aliphatic rings. The Bertz CT molecular complexity index is 1680. The van der Waals surface area contributed by atoms with E-state index >= 15 is 4.39 Å². The van der Waals surface area contributed by atoms with E-state index in [2.05, 4.69) is 10.2 Å². The molecule has 204 valence electrons. The van der Waals surface area contributed by atoms with Gasteiger partial charge in [-0.25, -0.2) is 27.8 Å². The molecule has 2 heterocycles. The molecule has 3 aromatic carbocycles. The minimum Gasteiger partial charge on any atom is -0.391 e. The van der Waals surface area contributed by atoms with E-state index < -0.39 is 33.6 Å². The summed E-state index contributed by atoms with van der Waals surface area (Å²) < 4.78 is 49.8. The number of nitrogens with zero attached hydrogens (tertiary/aromatic N) is 3. The molecule has 0 saturated heterocycles. The van der Waals surface area contributed by atoms with E-state index in [0.29, 0.717) is 16.1 Å². The Morgan fingerprint density at radius 2 is 1.90 bits per heavy atom. The number of anilines is 1. The van der Waals surface area contributed by atoms with Crippen LogP contribution in [-0.4, -0.2) is 29.6 Å². The Hall–Kier alpha value is -3.51. The summed E-state index contributed by atoms with van der Waals surface area (Å²) in [6.45, 7) is 5.11. The lowest BCUT2D eigenvalue weighted by molar-refractivity contribution is 0.0621. The second kappa shape index (κ2) is 10.6. The van der Waals surface area contributed by atoms with Crippen LogP contribution in [0.15, 0.2) is 74.8 Å². The van der Waals surface area contributed by atoms with Crippen LogP contribution in [0, 0.1) is 19.7 Å². The maximum absolute atomic E-state index is 15.3. The standard InChI is InChI=1S/C27H26ClFN4O5S/c1-16-9-11-21(29)24(17(16)2)18(3)25(26-30-31-27(34)38-26)33-15-32(37-14-19-7-5-4-6-8-19)22-13-20(28)10-12-23(22)39(33,35)36/h4-13,18,25H,14-15H2,1-3H3,(H,31,34)/t18-,25+/m1/s1.